The number of nitrogens with one attached hydrogen (secondary N) is 1. The van der Waals surface area contributed by atoms with Gasteiger partial charge in [0.15, 0.2) is 6.10 Å². The molecule has 4 aromatic rings. The van der Waals surface area contributed by atoms with Crippen LogP contribution in [0.15, 0.2) is 88.8 Å². The number of aromatic amines is 1. The molecule has 0 bridgehead atoms. The smallest absolute Gasteiger partial charge is 0.258 e. The molecule has 1 N–H and O–H groups in total. The van der Waals surface area contributed by atoms with Crippen molar-refractivity contribution in [1.29, 1.82) is 0 Å². The molecule has 2 heterocycles. The fourth-order valence-corrected chi connectivity index (χ4v) is 4.26. The molecule has 0 amide bonds. The van der Waals surface area contributed by atoms with Crippen LogP contribution in [0.3, 0.4) is 0 Å². The topological polar surface area (TPSA) is 72.9 Å². The summed E-state index contributed by atoms with van der Waals surface area (Å²) in [6.07, 6.45) is 0.221. The highest BCUT2D eigenvalue weighted by Gasteiger charge is 2.28. The van der Waals surface area contributed by atoms with E-state index in [4.69, 9.17) is 14.3 Å². The molecule has 176 valence electrons. The summed E-state index contributed by atoms with van der Waals surface area (Å²) in [5, 5.41) is 4.34. The second-order valence-electron chi connectivity index (χ2n) is 8.50. The van der Waals surface area contributed by atoms with Gasteiger partial charge in [-0.05, 0) is 59.5 Å². The summed E-state index contributed by atoms with van der Waals surface area (Å²) < 4.78 is 10.6. The summed E-state index contributed by atoms with van der Waals surface area (Å²) >= 11 is 0. The first-order valence-corrected chi connectivity index (χ1v) is 11.4. The predicted octanol–water partition coefficient (Wildman–Crippen LogP) is 5.90. The lowest BCUT2D eigenvalue weighted by molar-refractivity contribution is 0.0857. The summed E-state index contributed by atoms with van der Waals surface area (Å²) in [4.78, 5) is 22.3. The highest BCUT2D eigenvalue weighted by Crippen LogP contribution is 2.34. The Hall–Kier alpha value is -4.32. The van der Waals surface area contributed by atoms with Gasteiger partial charge in [0.1, 0.15) is 11.5 Å². The number of rotatable bonds is 6. The maximum Gasteiger partial charge on any atom is 0.258 e. The van der Waals surface area contributed by atoms with Gasteiger partial charge in [0.05, 0.1) is 25.5 Å². The van der Waals surface area contributed by atoms with Crippen LogP contribution >= 0.6 is 0 Å². The van der Waals surface area contributed by atoms with Crippen molar-refractivity contribution >= 4 is 5.71 Å². The number of benzene rings is 3. The molecule has 1 aromatic heterocycles. The molecule has 5 rings (SSSR count). The van der Waals surface area contributed by atoms with Gasteiger partial charge in [0, 0.05) is 12.1 Å². The Labute approximate surface area is 203 Å². The van der Waals surface area contributed by atoms with Crippen molar-refractivity contribution in [2.45, 2.75) is 19.4 Å². The molecule has 0 saturated heterocycles. The van der Waals surface area contributed by atoms with E-state index in [2.05, 4.69) is 10.1 Å². The number of ether oxygens (including phenoxy) is 2. The third kappa shape index (κ3) is 4.55. The lowest BCUT2D eigenvalue weighted by atomic mass is 9.93. The third-order valence-electron chi connectivity index (χ3n) is 6.24. The van der Waals surface area contributed by atoms with E-state index in [1.165, 1.54) is 0 Å². The molecular weight excluding hydrogens is 440 g/mol. The van der Waals surface area contributed by atoms with Gasteiger partial charge >= 0.3 is 0 Å². The molecule has 0 spiro atoms. The Morgan fingerprint density at radius 2 is 1.46 bits per heavy atom. The maximum absolute atomic E-state index is 13.5. The molecule has 0 fully saturated rings. The van der Waals surface area contributed by atoms with Crippen LogP contribution in [0.1, 0.15) is 29.2 Å². The highest BCUT2D eigenvalue weighted by molar-refractivity contribution is 6.06. The van der Waals surface area contributed by atoms with Crippen LogP contribution in [0.25, 0.3) is 22.4 Å². The van der Waals surface area contributed by atoms with Crippen LogP contribution in [0.4, 0.5) is 0 Å². The van der Waals surface area contributed by atoms with Crippen molar-refractivity contribution in [3.8, 4) is 33.9 Å². The van der Waals surface area contributed by atoms with Gasteiger partial charge in [-0.1, -0.05) is 59.3 Å². The molecule has 1 atom stereocenters. The average molecular weight is 467 g/mol. The van der Waals surface area contributed by atoms with Gasteiger partial charge in [0.25, 0.3) is 5.56 Å². The van der Waals surface area contributed by atoms with E-state index in [9.17, 15) is 4.79 Å². The van der Waals surface area contributed by atoms with E-state index in [1.807, 2.05) is 85.8 Å². The van der Waals surface area contributed by atoms with Crippen LogP contribution in [0, 0.1) is 6.92 Å². The zero-order chi connectivity index (χ0) is 24.4. The largest absolute Gasteiger partial charge is 0.497 e. The lowest BCUT2D eigenvalue weighted by Crippen LogP contribution is -2.20. The summed E-state index contributed by atoms with van der Waals surface area (Å²) in [6, 6.07) is 25.5. The minimum absolute atomic E-state index is 0.202. The standard InChI is InChI=1S/C29H26N2O4/c1-18-4-6-20(7-5-18)25-16-24(19-8-12-22(33-2)13-9-19)28(29(32)30-25)26-17-27(35-31-26)21-10-14-23(34-3)15-11-21/h4-16,27H,17H2,1-3H3,(H,30,32). The van der Waals surface area contributed by atoms with Crippen molar-refractivity contribution in [2.75, 3.05) is 14.2 Å². The second kappa shape index (κ2) is 9.50. The van der Waals surface area contributed by atoms with E-state index in [-0.39, 0.29) is 11.7 Å². The van der Waals surface area contributed by atoms with Crippen LogP contribution in [0.2, 0.25) is 0 Å². The fourth-order valence-electron chi connectivity index (χ4n) is 4.26. The second-order valence-corrected chi connectivity index (χ2v) is 8.50. The molecule has 35 heavy (non-hydrogen) atoms. The SMILES string of the molecule is COc1ccc(-c2cc(-c3ccc(C)cc3)[nH]c(=O)c2C2=NOC(c3ccc(OC)cc3)C2)cc1. The summed E-state index contributed by atoms with van der Waals surface area (Å²) in [7, 11) is 3.27. The Kier molecular flexibility index (Phi) is 6.10. The minimum Gasteiger partial charge on any atom is -0.497 e. The minimum atomic E-state index is -0.268. The summed E-state index contributed by atoms with van der Waals surface area (Å²) in [5.41, 5.74) is 6.45. The van der Waals surface area contributed by atoms with Gasteiger partial charge in [-0.25, -0.2) is 0 Å². The van der Waals surface area contributed by atoms with Crippen LogP contribution in [-0.2, 0) is 4.84 Å². The Morgan fingerprint density at radius 1 is 0.857 bits per heavy atom. The molecule has 6 heteroatoms. The van der Waals surface area contributed by atoms with Gasteiger partial charge in [-0.2, -0.15) is 0 Å². The number of aryl methyl sites for hydroxylation is 1. The van der Waals surface area contributed by atoms with E-state index in [1.54, 1.807) is 14.2 Å². The molecule has 1 unspecified atom stereocenters. The maximum atomic E-state index is 13.5. The third-order valence-corrected chi connectivity index (χ3v) is 6.24. The Balaban J connectivity index is 1.56. The monoisotopic (exact) mass is 466 g/mol. The fraction of sp³-hybridized carbons (Fsp3) is 0.172. The van der Waals surface area contributed by atoms with Crippen molar-refractivity contribution in [2.24, 2.45) is 5.16 Å². The number of oxime groups is 1. The number of methoxy groups -OCH3 is 2. The van der Waals surface area contributed by atoms with Crippen molar-refractivity contribution in [3.05, 3.63) is 106 Å². The average Bonchev–Trinajstić information content (AvgIpc) is 3.38. The lowest BCUT2D eigenvalue weighted by Gasteiger charge is -2.13. The first-order chi connectivity index (χ1) is 17.1. The number of aromatic nitrogens is 1. The van der Waals surface area contributed by atoms with Crippen LogP contribution in [0.5, 0.6) is 11.5 Å². The van der Waals surface area contributed by atoms with Gasteiger partial charge in [0.2, 0.25) is 0 Å². The predicted molar refractivity (Wildman–Crippen MR) is 137 cm³/mol. The van der Waals surface area contributed by atoms with E-state index in [0.717, 1.165) is 45.0 Å². The molecule has 0 saturated carbocycles. The molecular formula is C29H26N2O4. The van der Waals surface area contributed by atoms with Crippen molar-refractivity contribution < 1.29 is 14.3 Å². The van der Waals surface area contributed by atoms with Gasteiger partial charge in [-0.15, -0.1) is 0 Å². The van der Waals surface area contributed by atoms with Crippen molar-refractivity contribution in [1.82, 2.24) is 4.98 Å². The number of hydrogen-bond donors (Lipinski definition) is 1. The molecule has 0 radical (unpaired) electrons. The normalized spacial score (nSPS) is 14.8. The van der Waals surface area contributed by atoms with Gasteiger partial charge in [-0.3, -0.25) is 4.79 Å². The molecule has 1 aliphatic rings. The Morgan fingerprint density at radius 3 is 2.09 bits per heavy atom. The van der Waals surface area contributed by atoms with Crippen molar-refractivity contribution in [3.63, 3.8) is 0 Å². The number of H-pyrrole nitrogens is 1. The zero-order valence-corrected chi connectivity index (χ0v) is 19.9. The van der Waals surface area contributed by atoms with E-state index < -0.39 is 0 Å². The number of hydrogen-bond acceptors (Lipinski definition) is 5. The Bertz CT molecular complexity index is 1420. The molecule has 6 nitrogen and oxygen atoms in total. The number of nitrogens with zero attached hydrogens (tertiary/aromatic N) is 1. The van der Waals surface area contributed by atoms with E-state index in [0.29, 0.717) is 17.7 Å². The molecule has 0 aliphatic carbocycles. The first kappa shape index (κ1) is 22.5. The zero-order valence-electron chi connectivity index (χ0n) is 19.9. The van der Waals surface area contributed by atoms with E-state index >= 15 is 0 Å². The summed E-state index contributed by atoms with van der Waals surface area (Å²) in [6.45, 7) is 2.04. The van der Waals surface area contributed by atoms with Crippen LogP contribution in [-0.4, -0.2) is 24.9 Å². The van der Waals surface area contributed by atoms with Crippen LogP contribution < -0.4 is 15.0 Å². The quantitative estimate of drug-likeness (QED) is 0.384. The highest BCUT2D eigenvalue weighted by atomic mass is 16.6. The summed E-state index contributed by atoms with van der Waals surface area (Å²) in [5.74, 6) is 1.53. The molecule has 1 aliphatic heterocycles. The molecule has 3 aromatic carbocycles. The first-order valence-electron chi connectivity index (χ1n) is 11.4. The number of pyridine rings is 1. The van der Waals surface area contributed by atoms with Gasteiger partial charge < -0.3 is 19.3 Å².